The SMILES string of the molecule is CCOC(=O)COc1ccccc1[C@@H]1CCC[C@@H](NC[C@H](O)c2cccc(Cl)c2)C1. The van der Waals surface area contributed by atoms with Crippen molar-refractivity contribution in [1.82, 2.24) is 5.32 Å². The molecule has 6 heteroatoms. The molecule has 0 radical (unpaired) electrons. The van der Waals surface area contributed by atoms with Gasteiger partial charge in [-0.2, -0.15) is 0 Å². The second-order valence-electron chi connectivity index (χ2n) is 7.67. The summed E-state index contributed by atoms with van der Waals surface area (Å²) < 4.78 is 10.7. The number of esters is 1. The Morgan fingerprint density at radius 2 is 2.07 bits per heavy atom. The lowest BCUT2D eigenvalue weighted by Crippen LogP contribution is -2.36. The van der Waals surface area contributed by atoms with E-state index < -0.39 is 6.10 Å². The van der Waals surface area contributed by atoms with Crippen molar-refractivity contribution >= 4 is 17.6 Å². The third-order valence-corrected chi connectivity index (χ3v) is 5.75. The lowest BCUT2D eigenvalue weighted by Gasteiger charge is -2.31. The highest BCUT2D eigenvalue weighted by Crippen LogP contribution is 2.37. The highest BCUT2D eigenvalue weighted by atomic mass is 35.5. The first-order valence-corrected chi connectivity index (χ1v) is 11.0. The van der Waals surface area contributed by atoms with Gasteiger partial charge in [-0.15, -0.1) is 0 Å². The van der Waals surface area contributed by atoms with E-state index in [4.69, 9.17) is 21.1 Å². The Morgan fingerprint density at radius 1 is 1.23 bits per heavy atom. The lowest BCUT2D eigenvalue weighted by atomic mass is 9.81. The van der Waals surface area contributed by atoms with E-state index in [9.17, 15) is 9.90 Å². The van der Waals surface area contributed by atoms with E-state index in [2.05, 4.69) is 11.4 Å². The van der Waals surface area contributed by atoms with E-state index in [1.165, 1.54) is 0 Å². The van der Waals surface area contributed by atoms with Crippen molar-refractivity contribution in [2.45, 2.75) is 50.7 Å². The van der Waals surface area contributed by atoms with Crippen LogP contribution >= 0.6 is 11.6 Å². The number of benzene rings is 2. The normalized spacial score (nSPS) is 19.8. The fourth-order valence-corrected chi connectivity index (χ4v) is 4.25. The van der Waals surface area contributed by atoms with Gasteiger partial charge in [-0.05, 0) is 61.4 Å². The molecule has 162 valence electrons. The molecule has 0 saturated heterocycles. The molecule has 3 rings (SSSR count). The Labute approximate surface area is 183 Å². The first kappa shape index (κ1) is 22.6. The van der Waals surface area contributed by atoms with Gasteiger partial charge in [-0.25, -0.2) is 4.79 Å². The topological polar surface area (TPSA) is 67.8 Å². The van der Waals surface area contributed by atoms with Crippen molar-refractivity contribution in [2.24, 2.45) is 0 Å². The molecule has 0 heterocycles. The maximum absolute atomic E-state index is 11.7. The molecule has 1 fully saturated rings. The van der Waals surface area contributed by atoms with Crippen LogP contribution in [0.2, 0.25) is 5.02 Å². The van der Waals surface area contributed by atoms with Crippen LogP contribution < -0.4 is 10.1 Å². The fraction of sp³-hybridized carbons (Fsp3) is 0.458. The summed E-state index contributed by atoms with van der Waals surface area (Å²) in [7, 11) is 0. The van der Waals surface area contributed by atoms with Crippen molar-refractivity contribution in [3.05, 3.63) is 64.7 Å². The van der Waals surface area contributed by atoms with Crippen LogP contribution in [0.1, 0.15) is 55.8 Å². The smallest absolute Gasteiger partial charge is 0.344 e. The van der Waals surface area contributed by atoms with E-state index >= 15 is 0 Å². The van der Waals surface area contributed by atoms with Gasteiger partial charge in [-0.3, -0.25) is 0 Å². The maximum Gasteiger partial charge on any atom is 0.344 e. The van der Waals surface area contributed by atoms with Crippen molar-refractivity contribution in [3.8, 4) is 5.75 Å². The van der Waals surface area contributed by atoms with Gasteiger partial charge in [0.15, 0.2) is 6.61 Å². The van der Waals surface area contributed by atoms with Gasteiger partial charge in [-0.1, -0.05) is 48.4 Å². The molecule has 2 aromatic rings. The number of rotatable bonds is 9. The summed E-state index contributed by atoms with van der Waals surface area (Å²) in [4.78, 5) is 11.7. The number of nitrogens with one attached hydrogen (secondary N) is 1. The molecule has 3 atom stereocenters. The molecular weight excluding hydrogens is 402 g/mol. The van der Waals surface area contributed by atoms with Gasteiger partial charge >= 0.3 is 5.97 Å². The van der Waals surface area contributed by atoms with E-state index in [-0.39, 0.29) is 12.6 Å². The minimum atomic E-state index is -0.593. The third kappa shape index (κ3) is 6.46. The van der Waals surface area contributed by atoms with Gasteiger partial charge in [0.1, 0.15) is 5.75 Å². The Bertz CT molecular complexity index is 828. The summed E-state index contributed by atoms with van der Waals surface area (Å²) >= 11 is 6.03. The van der Waals surface area contributed by atoms with E-state index in [0.29, 0.717) is 30.1 Å². The van der Waals surface area contributed by atoms with Crippen molar-refractivity contribution < 1.29 is 19.4 Å². The summed E-state index contributed by atoms with van der Waals surface area (Å²) in [5, 5.41) is 14.6. The molecule has 0 spiro atoms. The number of aliphatic hydroxyl groups excluding tert-OH is 1. The standard InChI is InChI=1S/C24H30ClNO4/c1-2-29-24(28)16-30-23-12-4-3-11-21(23)17-7-6-10-20(14-17)26-15-22(27)18-8-5-9-19(25)13-18/h3-5,8-9,11-13,17,20,22,26-27H,2,6-7,10,14-16H2,1H3/t17-,20-,22+/m1/s1. The quantitative estimate of drug-likeness (QED) is 0.566. The fourth-order valence-electron chi connectivity index (χ4n) is 4.06. The van der Waals surface area contributed by atoms with Crippen LogP contribution in [0.3, 0.4) is 0 Å². The molecule has 0 bridgehead atoms. The molecule has 2 N–H and O–H groups in total. The van der Waals surface area contributed by atoms with Crippen LogP contribution in [0.4, 0.5) is 0 Å². The van der Waals surface area contributed by atoms with Crippen LogP contribution in [-0.4, -0.2) is 36.9 Å². The largest absolute Gasteiger partial charge is 0.482 e. The zero-order valence-corrected chi connectivity index (χ0v) is 18.1. The van der Waals surface area contributed by atoms with Gasteiger partial charge < -0.3 is 19.9 Å². The van der Waals surface area contributed by atoms with Gasteiger partial charge in [0.25, 0.3) is 0 Å². The van der Waals surface area contributed by atoms with Crippen LogP contribution in [-0.2, 0) is 9.53 Å². The third-order valence-electron chi connectivity index (χ3n) is 5.52. The Morgan fingerprint density at radius 3 is 2.87 bits per heavy atom. The van der Waals surface area contributed by atoms with Crippen LogP contribution in [0.15, 0.2) is 48.5 Å². The molecule has 30 heavy (non-hydrogen) atoms. The average Bonchev–Trinajstić information content (AvgIpc) is 2.76. The number of carbonyl (C=O) groups excluding carboxylic acids is 1. The van der Waals surface area contributed by atoms with E-state index in [0.717, 1.165) is 42.6 Å². The van der Waals surface area contributed by atoms with E-state index in [1.54, 1.807) is 19.1 Å². The summed E-state index contributed by atoms with van der Waals surface area (Å²) in [5.41, 5.74) is 1.95. The number of aliphatic hydroxyl groups is 1. The number of hydrogen-bond donors (Lipinski definition) is 2. The minimum Gasteiger partial charge on any atom is -0.482 e. The number of hydrogen-bond acceptors (Lipinski definition) is 5. The molecule has 5 nitrogen and oxygen atoms in total. The first-order chi connectivity index (χ1) is 14.6. The van der Waals surface area contributed by atoms with Crippen LogP contribution in [0.25, 0.3) is 0 Å². The monoisotopic (exact) mass is 431 g/mol. The number of para-hydroxylation sites is 1. The second-order valence-corrected chi connectivity index (χ2v) is 8.11. The molecular formula is C24H30ClNO4. The highest BCUT2D eigenvalue weighted by molar-refractivity contribution is 6.30. The summed E-state index contributed by atoms with van der Waals surface area (Å²) in [6.07, 6.45) is 3.62. The molecule has 1 aliphatic carbocycles. The number of ether oxygens (including phenoxy) is 2. The summed E-state index contributed by atoms with van der Waals surface area (Å²) in [5.74, 6) is 0.735. The van der Waals surface area contributed by atoms with Crippen LogP contribution in [0, 0.1) is 0 Å². The molecule has 0 unspecified atom stereocenters. The Kier molecular flexibility index (Phi) is 8.55. The molecule has 2 aromatic carbocycles. The van der Waals surface area contributed by atoms with Crippen molar-refractivity contribution in [2.75, 3.05) is 19.8 Å². The highest BCUT2D eigenvalue weighted by Gasteiger charge is 2.26. The van der Waals surface area contributed by atoms with E-state index in [1.807, 2.05) is 30.3 Å². The predicted octanol–water partition coefficient (Wildman–Crippen LogP) is 4.63. The summed E-state index contributed by atoms with van der Waals surface area (Å²) in [6, 6.07) is 15.6. The molecule has 1 aliphatic rings. The zero-order valence-electron chi connectivity index (χ0n) is 17.4. The van der Waals surface area contributed by atoms with Crippen LogP contribution in [0.5, 0.6) is 5.75 Å². The first-order valence-electron chi connectivity index (χ1n) is 10.6. The van der Waals surface area contributed by atoms with Gasteiger partial charge in [0, 0.05) is 17.6 Å². The van der Waals surface area contributed by atoms with Gasteiger partial charge in [0.05, 0.1) is 12.7 Å². The lowest BCUT2D eigenvalue weighted by molar-refractivity contribution is -0.145. The van der Waals surface area contributed by atoms with Crippen molar-refractivity contribution in [1.29, 1.82) is 0 Å². The number of carbonyl (C=O) groups is 1. The number of halogens is 1. The zero-order chi connectivity index (χ0) is 21.3. The molecule has 1 saturated carbocycles. The molecule has 0 aliphatic heterocycles. The van der Waals surface area contributed by atoms with Crippen molar-refractivity contribution in [3.63, 3.8) is 0 Å². The Balaban J connectivity index is 1.57. The minimum absolute atomic E-state index is 0.0783. The predicted molar refractivity (Wildman–Crippen MR) is 118 cm³/mol. The van der Waals surface area contributed by atoms with Gasteiger partial charge in [0.2, 0.25) is 0 Å². The average molecular weight is 432 g/mol. The molecule has 0 aromatic heterocycles. The molecule has 0 amide bonds. The Hall–Kier alpha value is -2.08. The summed E-state index contributed by atoms with van der Waals surface area (Å²) in [6.45, 7) is 2.54. The second kappa shape index (κ2) is 11.3. The maximum atomic E-state index is 11.7.